The van der Waals surface area contributed by atoms with Gasteiger partial charge in [-0.2, -0.15) is 0 Å². The summed E-state index contributed by atoms with van der Waals surface area (Å²) in [7, 11) is 0. The summed E-state index contributed by atoms with van der Waals surface area (Å²) in [6, 6.07) is 2.94. The van der Waals surface area contributed by atoms with E-state index in [1.54, 1.807) is 6.07 Å². The van der Waals surface area contributed by atoms with Gasteiger partial charge in [0.25, 0.3) is 0 Å². The lowest BCUT2D eigenvalue weighted by molar-refractivity contribution is 0.0497. The first-order chi connectivity index (χ1) is 7.66. The van der Waals surface area contributed by atoms with Gasteiger partial charge in [-0.05, 0) is 22.0 Å². The summed E-state index contributed by atoms with van der Waals surface area (Å²) in [5.41, 5.74) is 9.97. The number of halogens is 2. The molecule has 0 saturated carbocycles. The molecule has 1 heterocycles. The van der Waals surface area contributed by atoms with Crippen LogP contribution in [0.1, 0.15) is 0 Å². The topological polar surface area (TPSA) is 50.5 Å². The van der Waals surface area contributed by atoms with Gasteiger partial charge in [-0.3, -0.25) is 0 Å². The summed E-state index contributed by atoms with van der Waals surface area (Å²) in [4.78, 5) is 0. The summed E-state index contributed by atoms with van der Waals surface area (Å²) in [5.74, 6) is -0.356. The predicted molar refractivity (Wildman–Crippen MR) is 64.5 cm³/mol. The largest absolute Gasteiger partial charge is 0.397 e. The highest BCUT2D eigenvalue weighted by Gasteiger charge is 2.12. The molecule has 0 atom stereocenters. The minimum Gasteiger partial charge on any atom is -0.397 e. The van der Waals surface area contributed by atoms with Gasteiger partial charge >= 0.3 is 0 Å². The summed E-state index contributed by atoms with van der Waals surface area (Å²) >= 11 is 3.13. The molecule has 1 saturated heterocycles. The van der Waals surface area contributed by atoms with E-state index in [0.717, 1.165) is 13.1 Å². The minimum absolute atomic E-state index is 0.356. The van der Waals surface area contributed by atoms with Crippen molar-refractivity contribution < 1.29 is 9.13 Å². The number of nitrogens with zero attached hydrogens (tertiary/aromatic N) is 1. The fraction of sp³-hybridized carbons (Fsp3) is 0.400. The Kier molecular flexibility index (Phi) is 3.63. The molecule has 3 N–H and O–H groups in total. The van der Waals surface area contributed by atoms with Crippen LogP contribution in [-0.2, 0) is 4.74 Å². The van der Waals surface area contributed by atoms with E-state index in [-0.39, 0.29) is 5.82 Å². The molecule has 1 fully saturated rings. The van der Waals surface area contributed by atoms with Crippen molar-refractivity contribution in [3.8, 4) is 0 Å². The maximum atomic E-state index is 13.1. The van der Waals surface area contributed by atoms with Crippen molar-refractivity contribution in [2.24, 2.45) is 0 Å². The van der Waals surface area contributed by atoms with Gasteiger partial charge in [-0.1, -0.05) is 0 Å². The van der Waals surface area contributed by atoms with Crippen molar-refractivity contribution in [2.45, 2.75) is 0 Å². The van der Waals surface area contributed by atoms with Crippen molar-refractivity contribution in [3.05, 3.63) is 22.4 Å². The Morgan fingerprint density at radius 3 is 2.75 bits per heavy atom. The first kappa shape index (κ1) is 11.6. The van der Waals surface area contributed by atoms with Crippen LogP contribution in [0.5, 0.6) is 0 Å². The number of hydrazine groups is 1. The Bertz CT molecular complexity index is 383. The Morgan fingerprint density at radius 1 is 1.38 bits per heavy atom. The van der Waals surface area contributed by atoms with E-state index in [2.05, 4.69) is 21.4 Å². The summed E-state index contributed by atoms with van der Waals surface area (Å²) in [6.07, 6.45) is 0. The van der Waals surface area contributed by atoms with E-state index in [4.69, 9.17) is 10.5 Å². The van der Waals surface area contributed by atoms with Crippen LogP contribution < -0.4 is 11.2 Å². The zero-order valence-corrected chi connectivity index (χ0v) is 10.3. The van der Waals surface area contributed by atoms with E-state index in [1.807, 2.05) is 5.01 Å². The molecular weight excluding hydrogens is 277 g/mol. The van der Waals surface area contributed by atoms with E-state index >= 15 is 0 Å². The number of hydrogen-bond acceptors (Lipinski definition) is 4. The molecule has 88 valence electrons. The van der Waals surface area contributed by atoms with Gasteiger partial charge in [0.1, 0.15) is 5.82 Å². The molecular formula is C10H13BrFN3O. The van der Waals surface area contributed by atoms with Gasteiger partial charge < -0.3 is 15.9 Å². The van der Waals surface area contributed by atoms with Crippen molar-refractivity contribution in [1.82, 2.24) is 5.01 Å². The van der Waals surface area contributed by atoms with Crippen molar-refractivity contribution in [3.63, 3.8) is 0 Å². The zero-order chi connectivity index (χ0) is 11.5. The molecule has 0 amide bonds. The highest BCUT2D eigenvalue weighted by molar-refractivity contribution is 9.10. The molecule has 4 nitrogen and oxygen atoms in total. The van der Waals surface area contributed by atoms with E-state index in [9.17, 15) is 4.39 Å². The maximum Gasteiger partial charge on any atom is 0.139 e. The molecule has 16 heavy (non-hydrogen) atoms. The maximum absolute atomic E-state index is 13.1. The Hall–Kier alpha value is -0.850. The second kappa shape index (κ2) is 4.99. The third-order valence-corrected chi connectivity index (χ3v) is 2.99. The molecule has 0 aromatic heterocycles. The number of rotatable bonds is 2. The SMILES string of the molecule is Nc1cc(F)c(Br)cc1NN1CCOCC1. The molecule has 2 rings (SSSR count). The lowest BCUT2D eigenvalue weighted by Crippen LogP contribution is -2.40. The number of anilines is 2. The zero-order valence-electron chi connectivity index (χ0n) is 8.67. The van der Waals surface area contributed by atoms with Gasteiger partial charge in [0.2, 0.25) is 0 Å². The highest BCUT2D eigenvalue weighted by Crippen LogP contribution is 2.27. The van der Waals surface area contributed by atoms with Gasteiger partial charge in [0.15, 0.2) is 0 Å². The number of ether oxygens (including phenoxy) is 1. The lowest BCUT2D eigenvalue weighted by Gasteiger charge is -2.28. The molecule has 0 bridgehead atoms. The molecule has 6 heteroatoms. The van der Waals surface area contributed by atoms with Crippen molar-refractivity contribution in [1.29, 1.82) is 0 Å². The van der Waals surface area contributed by atoms with Crippen LogP contribution in [0.4, 0.5) is 15.8 Å². The van der Waals surface area contributed by atoms with Crippen LogP contribution in [0.2, 0.25) is 0 Å². The highest BCUT2D eigenvalue weighted by atomic mass is 79.9. The lowest BCUT2D eigenvalue weighted by atomic mass is 10.2. The van der Waals surface area contributed by atoms with Gasteiger partial charge in [0.05, 0.1) is 29.1 Å². The minimum atomic E-state index is -0.356. The van der Waals surface area contributed by atoms with Crippen LogP contribution in [-0.4, -0.2) is 31.3 Å². The first-order valence-corrected chi connectivity index (χ1v) is 5.80. The number of nitrogen functional groups attached to an aromatic ring is 1. The molecule has 0 aliphatic carbocycles. The van der Waals surface area contributed by atoms with Gasteiger partial charge in [-0.15, -0.1) is 0 Å². The quantitative estimate of drug-likeness (QED) is 0.816. The average molecular weight is 290 g/mol. The molecule has 1 aliphatic rings. The molecule has 1 aromatic carbocycles. The standard InChI is InChI=1S/C10H13BrFN3O/c11-7-5-10(9(13)6-8(7)12)14-15-1-3-16-4-2-15/h5-6,14H,1-4,13H2. The van der Waals surface area contributed by atoms with E-state index in [1.165, 1.54) is 6.07 Å². The number of morpholine rings is 1. The average Bonchev–Trinajstić information content (AvgIpc) is 2.27. The fourth-order valence-electron chi connectivity index (χ4n) is 1.50. The van der Waals surface area contributed by atoms with Gasteiger partial charge in [0, 0.05) is 19.2 Å². The molecule has 0 spiro atoms. The summed E-state index contributed by atoms with van der Waals surface area (Å²) in [5, 5.41) is 2.00. The normalized spacial score (nSPS) is 17.4. The van der Waals surface area contributed by atoms with E-state index in [0.29, 0.717) is 29.1 Å². The predicted octanol–water partition coefficient (Wildman–Crippen LogP) is 1.83. The second-order valence-corrected chi connectivity index (χ2v) is 4.42. The molecule has 0 radical (unpaired) electrons. The van der Waals surface area contributed by atoms with E-state index < -0.39 is 0 Å². The van der Waals surface area contributed by atoms with Crippen LogP contribution in [0.25, 0.3) is 0 Å². The summed E-state index contributed by atoms with van der Waals surface area (Å²) < 4.78 is 18.8. The Labute approximate surface area is 102 Å². The molecule has 1 aromatic rings. The number of nitrogens with one attached hydrogen (secondary N) is 1. The van der Waals surface area contributed by atoms with Crippen LogP contribution in [0.3, 0.4) is 0 Å². The third kappa shape index (κ3) is 2.63. The Balaban J connectivity index is 2.11. The van der Waals surface area contributed by atoms with Crippen molar-refractivity contribution >= 4 is 27.3 Å². The number of nitrogens with two attached hydrogens (primary N) is 1. The smallest absolute Gasteiger partial charge is 0.139 e. The van der Waals surface area contributed by atoms with Gasteiger partial charge in [-0.25, -0.2) is 9.40 Å². The van der Waals surface area contributed by atoms with Crippen LogP contribution >= 0.6 is 15.9 Å². The fourth-order valence-corrected chi connectivity index (χ4v) is 1.85. The number of benzene rings is 1. The third-order valence-electron chi connectivity index (χ3n) is 2.38. The van der Waals surface area contributed by atoms with Crippen LogP contribution in [0, 0.1) is 5.82 Å². The second-order valence-electron chi connectivity index (χ2n) is 3.56. The Morgan fingerprint density at radius 2 is 2.06 bits per heavy atom. The molecule has 0 unspecified atom stereocenters. The first-order valence-electron chi connectivity index (χ1n) is 5.00. The summed E-state index contributed by atoms with van der Waals surface area (Å²) in [6.45, 7) is 2.95. The monoisotopic (exact) mass is 289 g/mol. The van der Waals surface area contributed by atoms with Crippen molar-refractivity contribution in [2.75, 3.05) is 37.5 Å². The molecule has 1 aliphatic heterocycles. The number of hydrogen-bond donors (Lipinski definition) is 2. The van der Waals surface area contributed by atoms with Crippen LogP contribution in [0.15, 0.2) is 16.6 Å².